The summed E-state index contributed by atoms with van der Waals surface area (Å²) in [6.45, 7) is 0.695. The standard InChI is InChI=1S/C15H16ClNO2/c1-18-14-7-6-11(8-15(14)19-2)10-17-13-5-3-4-12(16)9-13/h3-9,17H,10H2,1-2H3. The van der Waals surface area contributed by atoms with Crippen molar-refractivity contribution in [2.75, 3.05) is 19.5 Å². The second-order valence-corrected chi connectivity index (χ2v) is 4.49. The summed E-state index contributed by atoms with van der Waals surface area (Å²) in [5.41, 5.74) is 2.10. The van der Waals surface area contributed by atoms with Gasteiger partial charge in [-0.2, -0.15) is 0 Å². The van der Waals surface area contributed by atoms with Crippen LogP contribution in [0.3, 0.4) is 0 Å². The van der Waals surface area contributed by atoms with Crippen LogP contribution >= 0.6 is 11.6 Å². The maximum atomic E-state index is 5.94. The molecule has 2 aromatic carbocycles. The van der Waals surface area contributed by atoms with Crippen LogP contribution in [0.5, 0.6) is 11.5 Å². The van der Waals surface area contributed by atoms with Crippen LogP contribution in [0.4, 0.5) is 5.69 Å². The molecular formula is C15H16ClNO2. The van der Waals surface area contributed by atoms with Crippen LogP contribution in [0, 0.1) is 0 Å². The molecule has 19 heavy (non-hydrogen) atoms. The zero-order valence-corrected chi connectivity index (χ0v) is 11.7. The second-order valence-electron chi connectivity index (χ2n) is 4.05. The van der Waals surface area contributed by atoms with E-state index in [1.165, 1.54) is 0 Å². The lowest BCUT2D eigenvalue weighted by atomic mass is 10.2. The van der Waals surface area contributed by atoms with Gasteiger partial charge in [0.05, 0.1) is 14.2 Å². The summed E-state index contributed by atoms with van der Waals surface area (Å²) >= 11 is 5.94. The van der Waals surface area contributed by atoms with Crippen LogP contribution in [0.2, 0.25) is 5.02 Å². The SMILES string of the molecule is COc1ccc(CNc2cccc(Cl)c2)cc1OC. The Labute approximate surface area is 118 Å². The van der Waals surface area contributed by atoms with Crippen LogP contribution < -0.4 is 14.8 Å². The Morgan fingerprint density at radius 3 is 2.47 bits per heavy atom. The molecule has 0 heterocycles. The Morgan fingerprint density at radius 1 is 1.00 bits per heavy atom. The molecule has 100 valence electrons. The van der Waals surface area contributed by atoms with Crippen LogP contribution in [-0.4, -0.2) is 14.2 Å². The van der Waals surface area contributed by atoms with E-state index >= 15 is 0 Å². The van der Waals surface area contributed by atoms with Crippen LogP contribution in [-0.2, 0) is 6.54 Å². The van der Waals surface area contributed by atoms with Gasteiger partial charge in [0.2, 0.25) is 0 Å². The van der Waals surface area contributed by atoms with Gasteiger partial charge in [0, 0.05) is 17.3 Å². The molecule has 0 fully saturated rings. The molecule has 0 saturated carbocycles. The Balaban J connectivity index is 2.07. The number of anilines is 1. The first-order valence-corrected chi connectivity index (χ1v) is 6.31. The van der Waals surface area contributed by atoms with Gasteiger partial charge < -0.3 is 14.8 Å². The van der Waals surface area contributed by atoms with Gasteiger partial charge in [-0.15, -0.1) is 0 Å². The van der Waals surface area contributed by atoms with Gasteiger partial charge in [-0.25, -0.2) is 0 Å². The zero-order valence-electron chi connectivity index (χ0n) is 10.9. The van der Waals surface area contributed by atoms with Gasteiger partial charge in [-0.05, 0) is 35.9 Å². The Kier molecular flexibility index (Phi) is 4.53. The van der Waals surface area contributed by atoms with E-state index in [0.717, 1.165) is 27.8 Å². The van der Waals surface area contributed by atoms with E-state index in [2.05, 4.69) is 5.32 Å². The van der Waals surface area contributed by atoms with Crippen molar-refractivity contribution in [2.24, 2.45) is 0 Å². The van der Waals surface area contributed by atoms with Crippen molar-refractivity contribution < 1.29 is 9.47 Å². The molecule has 0 aliphatic carbocycles. The summed E-state index contributed by atoms with van der Waals surface area (Å²) < 4.78 is 10.5. The van der Waals surface area contributed by atoms with E-state index in [0.29, 0.717) is 6.54 Å². The third kappa shape index (κ3) is 3.55. The molecule has 0 saturated heterocycles. The monoisotopic (exact) mass is 277 g/mol. The topological polar surface area (TPSA) is 30.5 Å². The Morgan fingerprint density at radius 2 is 1.79 bits per heavy atom. The van der Waals surface area contributed by atoms with Crippen molar-refractivity contribution in [1.29, 1.82) is 0 Å². The van der Waals surface area contributed by atoms with E-state index < -0.39 is 0 Å². The smallest absolute Gasteiger partial charge is 0.161 e. The van der Waals surface area contributed by atoms with Crippen molar-refractivity contribution >= 4 is 17.3 Å². The first-order chi connectivity index (χ1) is 9.22. The number of hydrogen-bond acceptors (Lipinski definition) is 3. The number of halogens is 1. The molecule has 3 nitrogen and oxygen atoms in total. The number of ether oxygens (including phenoxy) is 2. The quantitative estimate of drug-likeness (QED) is 0.897. The number of methoxy groups -OCH3 is 2. The summed E-state index contributed by atoms with van der Waals surface area (Å²) in [6.07, 6.45) is 0. The van der Waals surface area contributed by atoms with Crippen LogP contribution in [0.1, 0.15) is 5.56 Å². The number of hydrogen-bond donors (Lipinski definition) is 1. The molecule has 0 atom stereocenters. The third-order valence-electron chi connectivity index (χ3n) is 2.77. The van der Waals surface area contributed by atoms with Crippen molar-refractivity contribution in [3.05, 3.63) is 53.1 Å². The molecule has 0 amide bonds. The minimum Gasteiger partial charge on any atom is -0.493 e. The summed E-state index contributed by atoms with van der Waals surface area (Å²) in [5, 5.41) is 4.03. The molecule has 0 aromatic heterocycles. The van der Waals surface area contributed by atoms with Gasteiger partial charge >= 0.3 is 0 Å². The highest BCUT2D eigenvalue weighted by Gasteiger charge is 2.04. The lowest BCUT2D eigenvalue weighted by molar-refractivity contribution is 0.354. The maximum absolute atomic E-state index is 5.94. The third-order valence-corrected chi connectivity index (χ3v) is 3.00. The van der Waals surface area contributed by atoms with E-state index in [9.17, 15) is 0 Å². The van der Waals surface area contributed by atoms with Crippen molar-refractivity contribution in [1.82, 2.24) is 0 Å². The first-order valence-electron chi connectivity index (χ1n) is 5.93. The van der Waals surface area contributed by atoms with E-state index in [4.69, 9.17) is 21.1 Å². The van der Waals surface area contributed by atoms with E-state index in [1.54, 1.807) is 14.2 Å². The minimum absolute atomic E-state index is 0.695. The first kappa shape index (κ1) is 13.6. The Bertz CT molecular complexity index is 558. The summed E-state index contributed by atoms with van der Waals surface area (Å²) in [7, 11) is 3.26. The van der Waals surface area contributed by atoms with Gasteiger partial charge in [-0.3, -0.25) is 0 Å². The minimum atomic E-state index is 0.695. The fraction of sp³-hybridized carbons (Fsp3) is 0.200. The van der Waals surface area contributed by atoms with Crippen LogP contribution in [0.25, 0.3) is 0 Å². The highest BCUT2D eigenvalue weighted by atomic mass is 35.5. The predicted octanol–water partition coefficient (Wildman–Crippen LogP) is 3.97. The molecule has 1 N–H and O–H groups in total. The summed E-state index contributed by atoms with van der Waals surface area (Å²) in [5.74, 6) is 1.46. The highest BCUT2D eigenvalue weighted by molar-refractivity contribution is 6.30. The molecule has 0 aliphatic rings. The van der Waals surface area contributed by atoms with Gasteiger partial charge in [0.25, 0.3) is 0 Å². The van der Waals surface area contributed by atoms with E-state index in [-0.39, 0.29) is 0 Å². The molecule has 0 aliphatic heterocycles. The Hall–Kier alpha value is -1.87. The van der Waals surface area contributed by atoms with Gasteiger partial charge in [0.1, 0.15) is 0 Å². The average Bonchev–Trinajstić information content (AvgIpc) is 2.45. The summed E-state index contributed by atoms with van der Waals surface area (Å²) in [4.78, 5) is 0. The predicted molar refractivity (Wildman–Crippen MR) is 78.3 cm³/mol. The number of benzene rings is 2. The number of nitrogens with one attached hydrogen (secondary N) is 1. The normalized spacial score (nSPS) is 10.1. The highest BCUT2D eigenvalue weighted by Crippen LogP contribution is 2.27. The average molecular weight is 278 g/mol. The van der Waals surface area contributed by atoms with Crippen LogP contribution in [0.15, 0.2) is 42.5 Å². The fourth-order valence-electron chi connectivity index (χ4n) is 1.79. The molecule has 0 unspecified atom stereocenters. The lowest BCUT2D eigenvalue weighted by Crippen LogP contribution is -2.00. The zero-order chi connectivity index (χ0) is 13.7. The molecule has 2 aromatic rings. The molecule has 0 spiro atoms. The fourth-order valence-corrected chi connectivity index (χ4v) is 1.98. The van der Waals surface area contributed by atoms with Crippen molar-refractivity contribution in [3.63, 3.8) is 0 Å². The van der Waals surface area contributed by atoms with E-state index in [1.807, 2.05) is 42.5 Å². The lowest BCUT2D eigenvalue weighted by Gasteiger charge is -2.11. The summed E-state index contributed by atoms with van der Waals surface area (Å²) in [6, 6.07) is 13.5. The molecule has 0 radical (unpaired) electrons. The second kappa shape index (κ2) is 6.34. The number of rotatable bonds is 5. The van der Waals surface area contributed by atoms with Gasteiger partial charge in [0.15, 0.2) is 11.5 Å². The van der Waals surface area contributed by atoms with Crippen molar-refractivity contribution in [2.45, 2.75) is 6.54 Å². The molecule has 4 heteroatoms. The van der Waals surface area contributed by atoms with Crippen molar-refractivity contribution in [3.8, 4) is 11.5 Å². The largest absolute Gasteiger partial charge is 0.493 e. The molecule has 0 bridgehead atoms. The maximum Gasteiger partial charge on any atom is 0.161 e. The molecule has 2 rings (SSSR count). The molecular weight excluding hydrogens is 262 g/mol. The van der Waals surface area contributed by atoms with Gasteiger partial charge in [-0.1, -0.05) is 23.7 Å².